The SMILES string of the molecule is [O]=[Sn]([OH])[O]c1cccc2ccccc12. The zero-order valence-electron chi connectivity index (χ0n) is 7.31. The summed E-state index contributed by atoms with van der Waals surface area (Å²) in [5, 5.41) is 1.88. The van der Waals surface area contributed by atoms with Crippen molar-refractivity contribution in [1.29, 1.82) is 0 Å². The van der Waals surface area contributed by atoms with E-state index in [0.29, 0.717) is 5.75 Å². The molecule has 0 atom stereocenters. The average Bonchev–Trinajstić information content (AvgIpc) is 2.18. The summed E-state index contributed by atoms with van der Waals surface area (Å²) in [5.41, 5.74) is 0. The third-order valence-corrected chi connectivity index (χ3v) is 3.07. The molecule has 3 nitrogen and oxygen atoms in total. The summed E-state index contributed by atoms with van der Waals surface area (Å²) in [7, 11) is 0. The van der Waals surface area contributed by atoms with Gasteiger partial charge in [-0.1, -0.05) is 0 Å². The standard InChI is InChI=1S/C10H8O.H2O.O.Sn/c11-10-7-3-5-8-4-1-2-6-9(8)10;;;/h1-7,11H;1H2;;/q;;;+2/p-2. The Bertz CT molecular complexity index is 476. The van der Waals surface area contributed by atoms with Gasteiger partial charge in [-0.2, -0.15) is 0 Å². The molecule has 0 aliphatic rings. The number of benzene rings is 2. The molecule has 0 fully saturated rings. The number of rotatable bonds is 2. The Hall–Kier alpha value is -0.941. The van der Waals surface area contributed by atoms with E-state index in [1.807, 2.05) is 36.4 Å². The van der Waals surface area contributed by atoms with Gasteiger partial charge in [0, 0.05) is 0 Å². The fourth-order valence-electron chi connectivity index (χ4n) is 1.38. The van der Waals surface area contributed by atoms with Crippen LogP contribution in [-0.2, 0) is 3.08 Å². The van der Waals surface area contributed by atoms with E-state index in [-0.39, 0.29) is 0 Å². The summed E-state index contributed by atoms with van der Waals surface area (Å²) < 4.78 is 24.4. The van der Waals surface area contributed by atoms with Gasteiger partial charge in [-0.05, 0) is 0 Å². The monoisotopic (exact) mass is 296 g/mol. The van der Waals surface area contributed by atoms with E-state index >= 15 is 0 Å². The molecule has 14 heavy (non-hydrogen) atoms. The van der Waals surface area contributed by atoms with Crippen molar-refractivity contribution in [3.8, 4) is 5.75 Å². The molecule has 2 aromatic carbocycles. The van der Waals surface area contributed by atoms with E-state index in [2.05, 4.69) is 0 Å². The van der Waals surface area contributed by atoms with E-state index in [1.54, 1.807) is 6.07 Å². The van der Waals surface area contributed by atoms with Gasteiger partial charge in [0.2, 0.25) is 0 Å². The van der Waals surface area contributed by atoms with Gasteiger partial charge in [0.25, 0.3) is 0 Å². The zero-order valence-corrected chi connectivity index (χ0v) is 10.2. The van der Waals surface area contributed by atoms with Crippen LogP contribution in [0.3, 0.4) is 0 Å². The van der Waals surface area contributed by atoms with Crippen molar-refractivity contribution in [3.63, 3.8) is 0 Å². The minimum absolute atomic E-state index is 0.495. The summed E-state index contributed by atoms with van der Waals surface area (Å²) >= 11 is -3.77. The van der Waals surface area contributed by atoms with Crippen LogP contribution in [0.5, 0.6) is 5.75 Å². The van der Waals surface area contributed by atoms with Crippen molar-refractivity contribution in [2.75, 3.05) is 0 Å². The van der Waals surface area contributed by atoms with E-state index in [9.17, 15) is 3.08 Å². The summed E-state index contributed by atoms with van der Waals surface area (Å²) in [5.74, 6) is 0.495. The number of hydrogen-bond acceptors (Lipinski definition) is 2. The van der Waals surface area contributed by atoms with Crippen LogP contribution in [0.2, 0.25) is 0 Å². The third-order valence-electron chi connectivity index (χ3n) is 1.95. The number of hydrogen-bond donors (Lipinski definition) is 1. The van der Waals surface area contributed by atoms with Crippen LogP contribution in [0, 0.1) is 0 Å². The topological polar surface area (TPSA) is 46.5 Å². The quantitative estimate of drug-likeness (QED) is 0.857. The summed E-state index contributed by atoms with van der Waals surface area (Å²) in [6.45, 7) is 0. The fraction of sp³-hybridized carbons (Fsp3) is 0. The van der Waals surface area contributed by atoms with Crippen LogP contribution >= 0.6 is 0 Å². The van der Waals surface area contributed by atoms with Crippen molar-refractivity contribution < 1.29 is 9.59 Å². The summed E-state index contributed by atoms with van der Waals surface area (Å²) in [4.78, 5) is 0. The van der Waals surface area contributed by atoms with Crippen LogP contribution in [0.15, 0.2) is 42.5 Å². The molecule has 2 aromatic rings. The molecule has 0 spiro atoms. The molecule has 0 aliphatic carbocycles. The molecule has 4 heteroatoms. The molecular weight excluding hydrogens is 287 g/mol. The van der Waals surface area contributed by atoms with Gasteiger partial charge >= 0.3 is 89.2 Å². The molecule has 0 radical (unpaired) electrons. The molecule has 0 amide bonds. The fourth-order valence-corrected chi connectivity index (χ4v) is 2.42. The molecule has 1 N–H and O–H groups in total. The first-order valence-corrected chi connectivity index (χ1v) is 7.76. The van der Waals surface area contributed by atoms with Crippen LogP contribution < -0.4 is 3.07 Å². The van der Waals surface area contributed by atoms with Crippen molar-refractivity contribution in [2.24, 2.45) is 0 Å². The zero-order chi connectivity index (χ0) is 9.97. The minimum atomic E-state index is -3.77. The van der Waals surface area contributed by atoms with Crippen LogP contribution in [0.1, 0.15) is 0 Å². The molecule has 0 saturated heterocycles. The number of fused-ring (bicyclic) bond motifs is 1. The summed E-state index contributed by atoms with van der Waals surface area (Å²) in [6, 6.07) is 13.1. The molecule has 0 bridgehead atoms. The predicted octanol–water partition coefficient (Wildman–Crippen LogP) is 1.63. The Kier molecular flexibility index (Phi) is 2.79. The second kappa shape index (κ2) is 4.06. The molecule has 2 rings (SSSR count). The first-order chi connectivity index (χ1) is 6.77. The first-order valence-electron chi connectivity index (χ1n) is 4.16. The Morgan fingerprint density at radius 3 is 2.57 bits per heavy atom. The van der Waals surface area contributed by atoms with Crippen LogP contribution in [-0.4, -0.2) is 24.0 Å². The Balaban J connectivity index is 2.59. The molecular formula is C10H8O3Sn. The third kappa shape index (κ3) is 1.93. The van der Waals surface area contributed by atoms with Gasteiger partial charge in [0.05, 0.1) is 0 Å². The van der Waals surface area contributed by atoms with Crippen LogP contribution in [0.4, 0.5) is 0 Å². The Morgan fingerprint density at radius 2 is 1.79 bits per heavy atom. The molecule has 0 saturated carbocycles. The van der Waals surface area contributed by atoms with Gasteiger partial charge in [-0.15, -0.1) is 0 Å². The Morgan fingerprint density at radius 1 is 1.07 bits per heavy atom. The summed E-state index contributed by atoms with van der Waals surface area (Å²) in [6.07, 6.45) is 0. The van der Waals surface area contributed by atoms with Crippen molar-refractivity contribution >= 4 is 31.3 Å². The van der Waals surface area contributed by atoms with Gasteiger partial charge in [-0.25, -0.2) is 0 Å². The van der Waals surface area contributed by atoms with E-state index in [1.165, 1.54) is 0 Å². The molecule has 70 valence electrons. The maximum atomic E-state index is 10.7. The Labute approximate surface area is 89.1 Å². The average molecular weight is 295 g/mol. The molecule has 0 aliphatic heterocycles. The van der Waals surface area contributed by atoms with E-state index in [4.69, 9.17) is 6.52 Å². The van der Waals surface area contributed by atoms with Crippen molar-refractivity contribution in [1.82, 2.24) is 0 Å². The van der Waals surface area contributed by atoms with Gasteiger partial charge < -0.3 is 0 Å². The van der Waals surface area contributed by atoms with Crippen molar-refractivity contribution in [3.05, 3.63) is 42.5 Å². The second-order valence-corrected chi connectivity index (χ2v) is 4.95. The normalized spacial score (nSPS) is 10.1. The van der Waals surface area contributed by atoms with Gasteiger partial charge in [0.1, 0.15) is 0 Å². The second-order valence-electron chi connectivity index (χ2n) is 2.85. The molecule has 0 aromatic heterocycles. The first kappa shape index (κ1) is 9.61. The van der Waals surface area contributed by atoms with Crippen LogP contribution in [0.25, 0.3) is 10.8 Å². The molecule has 0 heterocycles. The maximum absolute atomic E-state index is 10.7. The molecule has 0 unspecified atom stereocenters. The van der Waals surface area contributed by atoms with E-state index < -0.39 is 20.6 Å². The van der Waals surface area contributed by atoms with E-state index in [0.717, 1.165) is 10.8 Å². The predicted molar refractivity (Wildman–Crippen MR) is 53.2 cm³/mol. The van der Waals surface area contributed by atoms with Crippen molar-refractivity contribution in [2.45, 2.75) is 0 Å². The van der Waals surface area contributed by atoms with Gasteiger partial charge in [0.15, 0.2) is 0 Å². The van der Waals surface area contributed by atoms with Gasteiger partial charge in [-0.3, -0.25) is 0 Å².